The average molecular weight is 225 g/mol. The predicted octanol–water partition coefficient (Wildman–Crippen LogP) is 1.70. The summed E-state index contributed by atoms with van der Waals surface area (Å²) in [6.45, 7) is 4.77. The van der Waals surface area contributed by atoms with Crippen LogP contribution in [0.5, 0.6) is 0 Å². The third kappa shape index (κ3) is 2.76. The maximum Gasteiger partial charge on any atom is 0.223 e. The van der Waals surface area contributed by atoms with Gasteiger partial charge in [-0.1, -0.05) is 13.8 Å². The van der Waals surface area contributed by atoms with Gasteiger partial charge in [0.25, 0.3) is 0 Å². The first kappa shape index (κ1) is 11.9. The molecule has 0 spiro atoms. The van der Waals surface area contributed by atoms with E-state index in [1.165, 1.54) is 0 Å². The quantitative estimate of drug-likeness (QED) is 0.768. The Morgan fingerprint density at radius 2 is 1.94 bits per heavy atom. The van der Waals surface area contributed by atoms with Crippen LogP contribution < -0.4 is 5.32 Å². The summed E-state index contributed by atoms with van der Waals surface area (Å²) in [4.78, 5) is 11.6. The Morgan fingerprint density at radius 1 is 1.38 bits per heavy atom. The Kier molecular flexibility index (Phi) is 3.24. The van der Waals surface area contributed by atoms with Crippen molar-refractivity contribution in [3.8, 4) is 0 Å². The number of rotatable bonds is 3. The molecular weight excluding hydrogens is 202 g/mol. The van der Waals surface area contributed by atoms with E-state index in [1.54, 1.807) is 0 Å². The fourth-order valence-electron chi connectivity index (χ4n) is 2.55. The van der Waals surface area contributed by atoms with E-state index in [4.69, 9.17) is 0 Å². The van der Waals surface area contributed by atoms with Gasteiger partial charge in [-0.05, 0) is 43.9 Å². The van der Waals surface area contributed by atoms with Crippen LogP contribution in [0.15, 0.2) is 0 Å². The van der Waals surface area contributed by atoms with E-state index in [0.29, 0.717) is 12.5 Å². The van der Waals surface area contributed by atoms with E-state index >= 15 is 0 Å². The Morgan fingerprint density at radius 3 is 2.44 bits per heavy atom. The number of hydrogen-bond acceptors (Lipinski definition) is 2. The molecule has 2 unspecified atom stereocenters. The van der Waals surface area contributed by atoms with Crippen molar-refractivity contribution in [2.75, 3.05) is 6.54 Å². The topological polar surface area (TPSA) is 49.3 Å². The molecule has 2 N–H and O–H groups in total. The molecule has 2 saturated carbocycles. The first-order valence-corrected chi connectivity index (χ1v) is 6.50. The number of nitrogens with one attached hydrogen (secondary N) is 1. The van der Waals surface area contributed by atoms with Crippen LogP contribution in [0.3, 0.4) is 0 Å². The smallest absolute Gasteiger partial charge is 0.223 e. The third-order valence-electron chi connectivity index (χ3n) is 4.24. The minimum atomic E-state index is -0.639. The van der Waals surface area contributed by atoms with Crippen molar-refractivity contribution < 1.29 is 9.90 Å². The van der Waals surface area contributed by atoms with Crippen molar-refractivity contribution in [2.24, 2.45) is 17.8 Å². The molecule has 2 aliphatic rings. The summed E-state index contributed by atoms with van der Waals surface area (Å²) in [5.41, 5.74) is -0.639. The summed E-state index contributed by atoms with van der Waals surface area (Å²) in [7, 11) is 0. The first-order valence-electron chi connectivity index (χ1n) is 6.50. The summed E-state index contributed by atoms with van der Waals surface area (Å²) in [6.07, 6.45) is 4.82. The van der Waals surface area contributed by atoms with Crippen molar-refractivity contribution in [3.63, 3.8) is 0 Å². The molecule has 0 aromatic rings. The Balaban J connectivity index is 1.74. The molecule has 0 saturated heterocycles. The van der Waals surface area contributed by atoms with Gasteiger partial charge in [-0.2, -0.15) is 0 Å². The van der Waals surface area contributed by atoms with Crippen LogP contribution in [-0.2, 0) is 4.79 Å². The van der Waals surface area contributed by atoms with Crippen LogP contribution in [0, 0.1) is 17.8 Å². The third-order valence-corrected chi connectivity index (χ3v) is 4.24. The molecule has 2 rings (SSSR count). The van der Waals surface area contributed by atoms with Gasteiger partial charge in [-0.3, -0.25) is 4.79 Å². The molecule has 16 heavy (non-hydrogen) atoms. The molecule has 3 nitrogen and oxygen atoms in total. The molecule has 1 amide bonds. The SMILES string of the molecule is CC1CCC(O)(CNC(=O)C2CC2C)CC1. The monoisotopic (exact) mass is 225 g/mol. The van der Waals surface area contributed by atoms with Crippen molar-refractivity contribution >= 4 is 5.91 Å². The highest BCUT2D eigenvalue weighted by Crippen LogP contribution is 2.38. The van der Waals surface area contributed by atoms with Crippen LogP contribution in [0.1, 0.15) is 46.0 Å². The molecule has 92 valence electrons. The summed E-state index contributed by atoms with van der Waals surface area (Å²) in [6, 6.07) is 0. The summed E-state index contributed by atoms with van der Waals surface area (Å²) in [5, 5.41) is 13.2. The van der Waals surface area contributed by atoms with Gasteiger partial charge in [0.2, 0.25) is 5.91 Å². The van der Waals surface area contributed by atoms with Gasteiger partial charge in [0.05, 0.1) is 5.60 Å². The number of carbonyl (C=O) groups is 1. The largest absolute Gasteiger partial charge is 0.388 e. The molecule has 2 aliphatic carbocycles. The highest BCUT2D eigenvalue weighted by Gasteiger charge is 2.40. The number of aliphatic hydroxyl groups is 1. The molecule has 3 heteroatoms. The maximum absolute atomic E-state index is 11.6. The number of hydrogen-bond donors (Lipinski definition) is 2. The molecular formula is C13H23NO2. The lowest BCUT2D eigenvalue weighted by molar-refractivity contribution is -0.124. The first-order chi connectivity index (χ1) is 7.50. The van der Waals surface area contributed by atoms with Crippen molar-refractivity contribution in [1.29, 1.82) is 0 Å². The molecule has 0 bridgehead atoms. The molecule has 0 aromatic heterocycles. The summed E-state index contributed by atoms with van der Waals surface area (Å²) < 4.78 is 0. The van der Waals surface area contributed by atoms with Gasteiger partial charge in [-0.25, -0.2) is 0 Å². The Bertz CT molecular complexity index is 269. The lowest BCUT2D eigenvalue weighted by atomic mass is 9.79. The molecule has 2 atom stereocenters. The maximum atomic E-state index is 11.6. The lowest BCUT2D eigenvalue weighted by Crippen LogP contribution is -2.45. The second-order valence-electron chi connectivity index (χ2n) is 5.94. The normalized spacial score (nSPS) is 42.8. The fraction of sp³-hybridized carbons (Fsp3) is 0.923. The van der Waals surface area contributed by atoms with Crippen LogP contribution in [0.4, 0.5) is 0 Å². The van der Waals surface area contributed by atoms with Crippen molar-refractivity contribution in [1.82, 2.24) is 5.32 Å². The predicted molar refractivity (Wildman–Crippen MR) is 62.9 cm³/mol. The second kappa shape index (κ2) is 4.36. The summed E-state index contributed by atoms with van der Waals surface area (Å²) >= 11 is 0. The van der Waals surface area contributed by atoms with E-state index in [0.717, 1.165) is 38.0 Å². The van der Waals surface area contributed by atoms with Gasteiger partial charge >= 0.3 is 0 Å². The Hall–Kier alpha value is -0.570. The van der Waals surface area contributed by atoms with Gasteiger partial charge in [0.15, 0.2) is 0 Å². The number of carbonyl (C=O) groups excluding carboxylic acids is 1. The lowest BCUT2D eigenvalue weighted by Gasteiger charge is -2.35. The van der Waals surface area contributed by atoms with Crippen LogP contribution >= 0.6 is 0 Å². The van der Waals surface area contributed by atoms with Crippen molar-refractivity contribution in [2.45, 2.75) is 51.6 Å². The standard InChI is InChI=1S/C13H23NO2/c1-9-3-5-13(16,6-4-9)8-14-12(15)11-7-10(11)2/h9-11,16H,3-8H2,1-2H3,(H,14,15). The van der Waals surface area contributed by atoms with Gasteiger partial charge < -0.3 is 10.4 Å². The summed E-state index contributed by atoms with van der Waals surface area (Å²) in [5.74, 6) is 1.62. The minimum Gasteiger partial charge on any atom is -0.388 e. The van der Waals surface area contributed by atoms with E-state index in [2.05, 4.69) is 19.2 Å². The fourth-order valence-corrected chi connectivity index (χ4v) is 2.55. The number of amides is 1. The van der Waals surface area contributed by atoms with E-state index in [1.807, 2.05) is 0 Å². The molecule has 0 radical (unpaired) electrons. The average Bonchev–Trinajstić information content (AvgIpc) is 2.97. The van der Waals surface area contributed by atoms with Gasteiger partial charge in [-0.15, -0.1) is 0 Å². The van der Waals surface area contributed by atoms with Crippen LogP contribution in [0.25, 0.3) is 0 Å². The van der Waals surface area contributed by atoms with Crippen molar-refractivity contribution in [3.05, 3.63) is 0 Å². The van der Waals surface area contributed by atoms with Gasteiger partial charge in [0, 0.05) is 12.5 Å². The second-order valence-corrected chi connectivity index (χ2v) is 5.94. The molecule has 0 heterocycles. The van der Waals surface area contributed by atoms with E-state index in [-0.39, 0.29) is 11.8 Å². The highest BCUT2D eigenvalue weighted by molar-refractivity contribution is 5.81. The van der Waals surface area contributed by atoms with Crippen LogP contribution in [-0.4, -0.2) is 23.2 Å². The Labute approximate surface area is 97.6 Å². The minimum absolute atomic E-state index is 0.138. The van der Waals surface area contributed by atoms with E-state index < -0.39 is 5.60 Å². The highest BCUT2D eigenvalue weighted by atomic mass is 16.3. The molecule has 0 aromatic carbocycles. The molecule has 0 aliphatic heterocycles. The van der Waals surface area contributed by atoms with Gasteiger partial charge in [0.1, 0.15) is 0 Å². The van der Waals surface area contributed by atoms with E-state index in [9.17, 15) is 9.90 Å². The molecule has 2 fully saturated rings. The zero-order valence-corrected chi connectivity index (χ0v) is 10.3. The van der Waals surface area contributed by atoms with Crippen LogP contribution in [0.2, 0.25) is 0 Å². The zero-order valence-electron chi connectivity index (χ0n) is 10.3. The zero-order chi connectivity index (χ0) is 11.8.